The Kier molecular flexibility index (Phi) is 7.24. The molecule has 8 nitrogen and oxygen atoms in total. The van der Waals surface area contributed by atoms with Crippen molar-refractivity contribution < 1.29 is 18.1 Å². The number of anilines is 1. The van der Waals surface area contributed by atoms with E-state index in [0.29, 0.717) is 0 Å². The van der Waals surface area contributed by atoms with Crippen molar-refractivity contribution in [1.82, 2.24) is 4.72 Å². The normalized spacial score (nSPS) is 11.2. The minimum atomic E-state index is -3.85. The molecule has 0 radical (unpaired) electrons. The van der Waals surface area contributed by atoms with Crippen LogP contribution in [0.15, 0.2) is 47.4 Å². The fourth-order valence-electron chi connectivity index (χ4n) is 2.73. The lowest BCUT2D eigenvalue weighted by molar-refractivity contribution is -0.384. The molecule has 28 heavy (non-hydrogen) atoms. The third kappa shape index (κ3) is 5.37. The highest BCUT2D eigenvalue weighted by molar-refractivity contribution is 7.89. The third-order valence-corrected chi connectivity index (χ3v) is 5.74. The minimum Gasteiger partial charge on any atom is -0.326 e. The van der Waals surface area contributed by atoms with Crippen molar-refractivity contribution in [3.05, 3.63) is 63.7 Å². The Morgan fingerprint density at radius 2 is 1.61 bits per heavy atom. The smallest absolute Gasteiger partial charge is 0.269 e. The highest BCUT2D eigenvalue weighted by atomic mass is 32.2. The number of nitrogens with zero attached hydrogens (tertiary/aromatic N) is 1. The average molecular weight is 405 g/mol. The zero-order valence-corrected chi connectivity index (χ0v) is 16.6. The number of nitro benzene ring substituents is 1. The van der Waals surface area contributed by atoms with Crippen LogP contribution in [-0.4, -0.2) is 25.8 Å². The van der Waals surface area contributed by atoms with Crippen molar-refractivity contribution in [3.8, 4) is 0 Å². The molecule has 0 aromatic heterocycles. The van der Waals surface area contributed by atoms with Gasteiger partial charge >= 0.3 is 0 Å². The summed E-state index contributed by atoms with van der Waals surface area (Å²) < 4.78 is 26.8. The van der Waals surface area contributed by atoms with Crippen LogP contribution in [0.5, 0.6) is 0 Å². The van der Waals surface area contributed by atoms with E-state index in [1.54, 1.807) is 0 Å². The fraction of sp³-hybridized carbons (Fsp3) is 0.316. The van der Waals surface area contributed by atoms with Gasteiger partial charge in [0.2, 0.25) is 15.9 Å². The number of carbonyl (C=O) groups is 1. The van der Waals surface area contributed by atoms with Gasteiger partial charge in [0, 0.05) is 30.8 Å². The standard InChI is InChI=1S/C19H23N3O5S/c1-3-14-6-5-7-15(4-2)19(14)21-18(23)12-13-20-28(26,27)17-10-8-16(9-11-17)22(24)25/h5-11,20H,3-4,12-13H2,1-2H3,(H,21,23). The Labute approximate surface area is 164 Å². The van der Waals surface area contributed by atoms with Crippen LogP contribution in [0.25, 0.3) is 0 Å². The minimum absolute atomic E-state index is 0.0343. The van der Waals surface area contributed by atoms with Crippen molar-refractivity contribution in [3.63, 3.8) is 0 Å². The van der Waals surface area contributed by atoms with Crippen LogP contribution < -0.4 is 10.0 Å². The maximum atomic E-state index is 12.3. The summed E-state index contributed by atoms with van der Waals surface area (Å²) in [6.45, 7) is 3.92. The lowest BCUT2D eigenvalue weighted by Crippen LogP contribution is -2.28. The zero-order valence-electron chi connectivity index (χ0n) is 15.8. The maximum absolute atomic E-state index is 12.3. The molecule has 2 rings (SSSR count). The lowest BCUT2D eigenvalue weighted by atomic mass is 10.0. The van der Waals surface area contributed by atoms with Gasteiger partial charge in [-0.25, -0.2) is 13.1 Å². The van der Waals surface area contributed by atoms with Crippen molar-refractivity contribution >= 4 is 27.3 Å². The predicted molar refractivity (Wildman–Crippen MR) is 107 cm³/mol. The third-order valence-electron chi connectivity index (χ3n) is 4.27. The molecule has 0 saturated heterocycles. The quantitative estimate of drug-likeness (QED) is 0.491. The van der Waals surface area contributed by atoms with Gasteiger partial charge in [-0.1, -0.05) is 32.0 Å². The van der Waals surface area contributed by atoms with E-state index in [9.17, 15) is 23.3 Å². The van der Waals surface area contributed by atoms with Gasteiger partial charge in [0.15, 0.2) is 0 Å². The van der Waals surface area contributed by atoms with Crippen LogP contribution in [-0.2, 0) is 27.7 Å². The second kappa shape index (κ2) is 9.43. The number of carbonyl (C=O) groups excluding carboxylic acids is 1. The van der Waals surface area contributed by atoms with Crippen molar-refractivity contribution in [2.75, 3.05) is 11.9 Å². The molecule has 2 N–H and O–H groups in total. The number of nitro groups is 1. The molecule has 1 amide bonds. The van der Waals surface area contributed by atoms with E-state index in [1.807, 2.05) is 32.0 Å². The Morgan fingerprint density at radius 3 is 2.11 bits per heavy atom. The van der Waals surface area contributed by atoms with E-state index >= 15 is 0 Å². The highest BCUT2D eigenvalue weighted by Crippen LogP contribution is 2.22. The summed E-state index contributed by atoms with van der Waals surface area (Å²) in [4.78, 5) is 22.2. The predicted octanol–water partition coefficient (Wildman–Crippen LogP) is 3.03. The van der Waals surface area contributed by atoms with Crippen molar-refractivity contribution in [2.45, 2.75) is 38.0 Å². The molecule has 0 aliphatic carbocycles. The first-order valence-corrected chi connectivity index (χ1v) is 10.4. The summed E-state index contributed by atoms with van der Waals surface area (Å²) in [5.41, 5.74) is 2.65. The van der Waals surface area contributed by atoms with Gasteiger partial charge in [-0.2, -0.15) is 0 Å². The number of amides is 1. The van der Waals surface area contributed by atoms with Crippen LogP contribution in [0.1, 0.15) is 31.4 Å². The number of rotatable bonds is 9. The van der Waals surface area contributed by atoms with Gasteiger partial charge in [-0.05, 0) is 36.1 Å². The molecular formula is C19H23N3O5S. The molecule has 0 unspecified atom stereocenters. The second-order valence-electron chi connectivity index (χ2n) is 6.11. The Morgan fingerprint density at radius 1 is 1.04 bits per heavy atom. The number of non-ortho nitro benzene ring substituents is 1. The number of sulfonamides is 1. The number of hydrogen-bond acceptors (Lipinski definition) is 5. The molecule has 0 bridgehead atoms. The van der Waals surface area contributed by atoms with Gasteiger partial charge in [0.05, 0.1) is 9.82 Å². The summed E-state index contributed by atoms with van der Waals surface area (Å²) >= 11 is 0. The Balaban J connectivity index is 1.97. The molecule has 0 atom stereocenters. The number of para-hydroxylation sites is 1. The van der Waals surface area contributed by atoms with E-state index in [-0.39, 0.29) is 29.5 Å². The summed E-state index contributed by atoms with van der Waals surface area (Å²) in [7, 11) is -3.85. The first kappa shape index (κ1) is 21.5. The number of benzene rings is 2. The van der Waals surface area contributed by atoms with Crippen molar-refractivity contribution in [2.24, 2.45) is 0 Å². The Hall–Kier alpha value is -2.78. The molecule has 9 heteroatoms. The zero-order chi connectivity index (χ0) is 20.7. The van der Waals surface area contributed by atoms with Crippen LogP contribution in [0.3, 0.4) is 0 Å². The topological polar surface area (TPSA) is 118 Å². The summed E-state index contributed by atoms with van der Waals surface area (Å²) in [6, 6.07) is 10.4. The summed E-state index contributed by atoms with van der Waals surface area (Å²) in [5, 5.41) is 13.5. The average Bonchev–Trinajstić information content (AvgIpc) is 2.68. The molecule has 2 aromatic rings. The second-order valence-corrected chi connectivity index (χ2v) is 7.87. The molecule has 0 aliphatic heterocycles. The maximum Gasteiger partial charge on any atom is 0.269 e. The molecule has 0 spiro atoms. The number of hydrogen-bond donors (Lipinski definition) is 2. The van der Waals surface area contributed by atoms with Gasteiger partial charge < -0.3 is 5.32 Å². The van der Waals surface area contributed by atoms with E-state index < -0.39 is 14.9 Å². The number of nitrogens with one attached hydrogen (secondary N) is 2. The monoisotopic (exact) mass is 405 g/mol. The van der Waals surface area contributed by atoms with E-state index in [4.69, 9.17) is 0 Å². The fourth-order valence-corrected chi connectivity index (χ4v) is 3.77. The SMILES string of the molecule is CCc1cccc(CC)c1NC(=O)CCNS(=O)(=O)c1ccc([N+](=O)[O-])cc1. The Bertz CT molecular complexity index is 934. The largest absolute Gasteiger partial charge is 0.326 e. The van der Waals surface area contributed by atoms with Crippen LogP contribution in [0, 0.1) is 10.1 Å². The summed E-state index contributed by atoms with van der Waals surface area (Å²) in [5.74, 6) is -0.290. The van der Waals surface area contributed by atoms with E-state index in [0.717, 1.165) is 53.9 Å². The van der Waals surface area contributed by atoms with Crippen LogP contribution in [0.2, 0.25) is 0 Å². The van der Waals surface area contributed by atoms with Gasteiger partial charge in [-0.15, -0.1) is 0 Å². The molecule has 2 aromatic carbocycles. The van der Waals surface area contributed by atoms with Crippen molar-refractivity contribution in [1.29, 1.82) is 0 Å². The summed E-state index contributed by atoms with van der Waals surface area (Å²) in [6.07, 6.45) is 1.51. The lowest BCUT2D eigenvalue weighted by Gasteiger charge is -2.14. The van der Waals surface area contributed by atoms with Gasteiger partial charge in [0.25, 0.3) is 5.69 Å². The molecule has 0 saturated carbocycles. The molecule has 0 heterocycles. The highest BCUT2D eigenvalue weighted by Gasteiger charge is 2.16. The van der Waals surface area contributed by atoms with E-state index in [1.165, 1.54) is 0 Å². The molecule has 0 aliphatic rings. The van der Waals surface area contributed by atoms with Crippen LogP contribution >= 0.6 is 0 Å². The van der Waals surface area contributed by atoms with Crippen LogP contribution in [0.4, 0.5) is 11.4 Å². The molecular weight excluding hydrogens is 382 g/mol. The van der Waals surface area contributed by atoms with E-state index in [2.05, 4.69) is 10.0 Å². The first-order chi connectivity index (χ1) is 13.3. The first-order valence-electron chi connectivity index (χ1n) is 8.93. The molecule has 150 valence electrons. The van der Waals surface area contributed by atoms with Gasteiger partial charge in [-0.3, -0.25) is 14.9 Å². The van der Waals surface area contributed by atoms with Gasteiger partial charge in [0.1, 0.15) is 0 Å². The molecule has 0 fully saturated rings. The number of aryl methyl sites for hydroxylation is 2.